The zero-order valence-corrected chi connectivity index (χ0v) is 14.2. The lowest BCUT2D eigenvalue weighted by atomic mass is 10.2. The lowest BCUT2D eigenvalue weighted by Crippen LogP contribution is -2.30. The molecule has 4 heteroatoms. The molecule has 0 bridgehead atoms. The molecule has 0 aliphatic carbocycles. The fraction of sp³-hybridized carbons (Fsp3) is 0.526. The highest BCUT2D eigenvalue weighted by Gasteiger charge is 2.12. The van der Waals surface area contributed by atoms with Crippen LogP contribution in [-0.2, 0) is 4.79 Å². The lowest BCUT2D eigenvalue weighted by Gasteiger charge is -2.18. The van der Waals surface area contributed by atoms with Gasteiger partial charge < -0.3 is 14.4 Å². The number of hydrogen-bond donors (Lipinski definition) is 0. The fourth-order valence-corrected chi connectivity index (χ4v) is 2.74. The molecule has 0 N–H and O–H groups in total. The first-order valence-electron chi connectivity index (χ1n) is 8.61. The Kier molecular flexibility index (Phi) is 6.98. The predicted molar refractivity (Wildman–Crippen MR) is 92.9 cm³/mol. The third-order valence-electron chi connectivity index (χ3n) is 3.90. The Labute approximate surface area is 139 Å². The van der Waals surface area contributed by atoms with E-state index < -0.39 is 0 Å². The largest absolute Gasteiger partial charge is 0.490 e. The number of ether oxygens (including phenoxy) is 2. The molecule has 23 heavy (non-hydrogen) atoms. The van der Waals surface area contributed by atoms with Crippen LogP contribution in [0.5, 0.6) is 11.5 Å². The summed E-state index contributed by atoms with van der Waals surface area (Å²) in [7, 11) is 0. The first-order chi connectivity index (χ1) is 11.2. The third kappa shape index (κ3) is 5.31. The van der Waals surface area contributed by atoms with Gasteiger partial charge in [-0.05, 0) is 50.5 Å². The van der Waals surface area contributed by atoms with E-state index in [2.05, 4.69) is 0 Å². The molecule has 0 spiro atoms. The van der Waals surface area contributed by atoms with E-state index in [4.69, 9.17) is 9.47 Å². The van der Waals surface area contributed by atoms with Gasteiger partial charge in [0.1, 0.15) is 0 Å². The summed E-state index contributed by atoms with van der Waals surface area (Å²) in [6, 6.07) is 5.75. The summed E-state index contributed by atoms with van der Waals surface area (Å²) < 4.78 is 11.2. The minimum absolute atomic E-state index is 0.0961. The Morgan fingerprint density at radius 2 is 1.70 bits per heavy atom. The van der Waals surface area contributed by atoms with E-state index in [9.17, 15) is 4.79 Å². The molecular weight excluding hydrogens is 290 g/mol. The molecule has 1 aromatic rings. The van der Waals surface area contributed by atoms with Crippen molar-refractivity contribution in [1.29, 1.82) is 0 Å². The maximum Gasteiger partial charge on any atom is 0.246 e. The molecule has 0 aromatic heterocycles. The first kappa shape index (κ1) is 17.4. The van der Waals surface area contributed by atoms with E-state index in [1.54, 1.807) is 6.08 Å². The molecule has 1 saturated heterocycles. The number of benzene rings is 1. The van der Waals surface area contributed by atoms with Crippen molar-refractivity contribution in [2.75, 3.05) is 26.3 Å². The van der Waals surface area contributed by atoms with Crippen molar-refractivity contribution in [2.45, 2.75) is 39.5 Å². The Morgan fingerprint density at radius 1 is 1.04 bits per heavy atom. The number of hydrogen-bond acceptors (Lipinski definition) is 3. The topological polar surface area (TPSA) is 38.8 Å². The van der Waals surface area contributed by atoms with Crippen molar-refractivity contribution >= 4 is 12.0 Å². The SMILES string of the molecule is CCOc1ccc(C=CC(=O)N2CCCCCC2)cc1OCC. The molecule has 1 fully saturated rings. The van der Waals surface area contributed by atoms with Crippen LogP contribution in [0, 0.1) is 0 Å². The van der Waals surface area contributed by atoms with E-state index in [0.717, 1.165) is 43.0 Å². The van der Waals surface area contributed by atoms with Gasteiger partial charge in [-0.2, -0.15) is 0 Å². The average molecular weight is 317 g/mol. The number of amides is 1. The molecule has 0 atom stereocenters. The van der Waals surface area contributed by atoms with E-state index >= 15 is 0 Å². The Balaban J connectivity index is 2.05. The van der Waals surface area contributed by atoms with Gasteiger partial charge in [0, 0.05) is 19.2 Å². The van der Waals surface area contributed by atoms with E-state index in [0.29, 0.717) is 13.2 Å². The number of rotatable bonds is 6. The molecule has 1 aliphatic rings. The highest BCUT2D eigenvalue weighted by atomic mass is 16.5. The Morgan fingerprint density at radius 3 is 2.35 bits per heavy atom. The molecule has 1 aliphatic heterocycles. The van der Waals surface area contributed by atoms with Crippen LogP contribution in [0.4, 0.5) is 0 Å². The van der Waals surface area contributed by atoms with E-state index in [-0.39, 0.29) is 5.91 Å². The van der Waals surface area contributed by atoms with Crippen LogP contribution in [-0.4, -0.2) is 37.1 Å². The minimum atomic E-state index is 0.0961. The van der Waals surface area contributed by atoms with Crippen LogP contribution in [0.25, 0.3) is 6.08 Å². The minimum Gasteiger partial charge on any atom is -0.490 e. The smallest absolute Gasteiger partial charge is 0.246 e. The van der Waals surface area contributed by atoms with Gasteiger partial charge in [0.05, 0.1) is 13.2 Å². The number of carbonyl (C=O) groups excluding carboxylic acids is 1. The normalized spacial score (nSPS) is 15.5. The van der Waals surface area contributed by atoms with Crippen LogP contribution in [0.15, 0.2) is 24.3 Å². The molecule has 1 heterocycles. The molecule has 1 aromatic carbocycles. The average Bonchev–Trinajstić information content (AvgIpc) is 2.84. The van der Waals surface area contributed by atoms with Crippen LogP contribution < -0.4 is 9.47 Å². The van der Waals surface area contributed by atoms with Gasteiger partial charge in [-0.1, -0.05) is 18.9 Å². The summed E-state index contributed by atoms with van der Waals surface area (Å²) in [5, 5.41) is 0. The standard InChI is InChI=1S/C19H27NO3/c1-3-22-17-11-9-16(15-18(17)23-4-2)10-12-19(21)20-13-7-5-6-8-14-20/h9-12,15H,3-8,13-14H2,1-2H3. The third-order valence-corrected chi connectivity index (χ3v) is 3.90. The Bertz CT molecular complexity index is 531. The van der Waals surface area contributed by atoms with Crippen molar-refractivity contribution in [1.82, 2.24) is 4.90 Å². The first-order valence-corrected chi connectivity index (χ1v) is 8.61. The quantitative estimate of drug-likeness (QED) is 0.747. The van der Waals surface area contributed by atoms with E-state index in [1.807, 2.05) is 43.0 Å². The zero-order chi connectivity index (χ0) is 16.5. The van der Waals surface area contributed by atoms with Crippen molar-refractivity contribution in [3.63, 3.8) is 0 Å². The summed E-state index contributed by atoms with van der Waals surface area (Å²) in [6.07, 6.45) is 8.19. The second kappa shape index (κ2) is 9.23. The van der Waals surface area contributed by atoms with Crippen LogP contribution in [0.1, 0.15) is 45.1 Å². The zero-order valence-electron chi connectivity index (χ0n) is 14.2. The molecule has 4 nitrogen and oxygen atoms in total. The monoisotopic (exact) mass is 317 g/mol. The maximum atomic E-state index is 12.3. The van der Waals surface area contributed by atoms with Crippen LogP contribution in [0.2, 0.25) is 0 Å². The summed E-state index contributed by atoms with van der Waals surface area (Å²) in [4.78, 5) is 14.2. The van der Waals surface area contributed by atoms with Gasteiger partial charge in [-0.15, -0.1) is 0 Å². The summed E-state index contributed by atoms with van der Waals surface area (Å²) in [6.45, 7) is 6.82. The van der Waals surface area contributed by atoms with Crippen molar-refractivity contribution < 1.29 is 14.3 Å². The van der Waals surface area contributed by atoms with Crippen LogP contribution in [0.3, 0.4) is 0 Å². The van der Waals surface area contributed by atoms with Gasteiger partial charge >= 0.3 is 0 Å². The number of nitrogens with zero attached hydrogens (tertiary/aromatic N) is 1. The van der Waals surface area contributed by atoms with Gasteiger partial charge in [-0.3, -0.25) is 4.79 Å². The van der Waals surface area contributed by atoms with Crippen molar-refractivity contribution in [2.24, 2.45) is 0 Å². The second-order valence-corrected chi connectivity index (χ2v) is 5.65. The summed E-state index contributed by atoms with van der Waals surface area (Å²) >= 11 is 0. The van der Waals surface area contributed by atoms with E-state index in [1.165, 1.54) is 12.8 Å². The summed E-state index contributed by atoms with van der Waals surface area (Å²) in [5.41, 5.74) is 0.945. The van der Waals surface area contributed by atoms with Crippen molar-refractivity contribution in [3.05, 3.63) is 29.8 Å². The maximum absolute atomic E-state index is 12.3. The van der Waals surface area contributed by atoms with Gasteiger partial charge in [0.2, 0.25) is 5.91 Å². The predicted octanol–water partition coefficient (Wildman–Crippen LogP) is 3.90. The fourth-order valence-electron chi connectivity index (χ4n) is 2.74. The lowest BCUT2D eigenvalue weighted by molar-refractivity contribution is -0.125. The van der Waals surface area contributed by atoms with Crippen LogP contribution >= 0.6 is 0 Å². The second-order valence-electron chi connectivity index (χ2n) is 5.65. The molecular formula is C19H27NO3. The number of carbonyl (C=O) groups is 1. The molecule has 0 radical (unpaired) electrons. The van der Waals surface area contributed by atoms with Crippen molar-refractivity contribution in [3.8, 4) is 11.5 Å². The highest BCUT2D eigenvalue weighted by molar-refractivity contribution is 5.91. The molecule has 126 valence electrons. The molecule has 0 unspecified atom stereocenters. The summed E-state index contributed by atoms with van der Waals surface area (Å²) in [5.74, 6) is 1.56. The molecule has 1 amide bonds. The molecule has 0 saturated carbocycles. The number of likely N-dealkylation sites (tertiary alicyclic amines) is 1. The highest BCUT2D eigenvalue weighted by Crippen LogP contribution is 2.29. The molecule has 2 rings (SSSR count). The van der Waals surface area contributed by atoms with Gasteiger partial charge in [-0.25, -0.2) is 0 Å². The van der Waals surface area contributed by atoms with Gasteiger partial charge in [0.15, 0.2) is 11.5 Å². The van der Waals surface area contributed by atoms with Gasteiger partial charge in [0.25, 0.3) is 0 Å². The Hall–Kier alpha value is -1.97.